The van der Waals surface area contributed by atoms with Crippen LogP contribution in [-0.2, 0) is 9.53 Å². The molecule has 2 aromatic rings. The van der Waals surface area contributed by atoms with E-state index >= 15 is 0 Å². The average Bonchev–Trinajstić information content (AvgIpc) is 3.02. The number of ether oxygens (including phenoxy) is 1. The lowest BCUT2D eigenvalue weighted by Gasteiger charge is -2.43. The summed E-state index contributed by atoms with van der Waals surface area (Å²) in [6.07, 6.45) is 3.44. The largest absolute Gasteiger partial charge is 0.490 e. The fraction of sp³-hybridized carbons (Fsp3) is 0.333. The molecular weight excluding hydrogens is 440 g/mol. The summed E-state index contributed by atoms with van der Waals surface area (Å²) >= 11 is 5.79. The van der Waals surface area contributed by atoms with Crippen LogP contribution in [0.25, 0.3) is 10.6 Å². The molecule has 2 N–H and O–H groups in total. The maximum atomic E-state index is 13.6. The standard InChI is InChI=1S/C24H22N4O4S/c1-14-10-17(12-26-21(14)25-2)27-22(31)24(8-3-9-24)28(23(27)33)16-6-4-15(5-7-16)20-11-18(29)19(30)13-32-20/h4-7,10-12,18-19,29-30H,3,8-9,13H2,1H3/t18-,19?/m1/s1. The first kappa shape index (κ1) is 21.5. The van der Waals surface area contributed by atoms with Crippen molar-refractivity contribution in [3.05, 3.63) is 65.1 Å². The molecule has 33 heavy (non-hydrogen) atoms. The van der Waals surface area contributed by atoms with Gasteiger partial charge in [-0.15, -0.1) is 4.98 Å². The van der Waals surface area contributed by atoms with Gasteiger partial charge in [0.15, 0.2) is 5.11 Å². The van der Waals surface area contributed by atoms with Crippen LogP contribution >= 0.6 is 12.2 Å². The molecule has 0 radical (unpaired) electrons. The molecule has 3 aliphatic rings. The summed E-state index contributed by atoms with van der Waals surface area (Å²) < 4.78 is 5.55. The zero-order valence-corrected chi connectivity index (χ0v) is 18.7. The Hall–Kier alpha value is -3.32. The van der Waals surface area contributed by atoms with E-state index in [9.17, 15) is 15.0 Å². The van der Waals surface area contributed by atoms with Gasteiger partial charge < -0.3 is 24.7 Å². The molecule has 2 aliphatic heterocycles. The minimum absolute atomic E-state index is 0.0251. The molecule has 1 aromatic heterocycles. The van der Waals surface area contributed by atoms with Gasteiger partial charge in [-0.2, -0.15) is 0 Å². The lowest BCUT2D eigenvalue weighted by molar-refractivity contribution is -0.123. The number of aliphatic hydroxyl groups is 2. The van der Waals surface area contributed by atoms with Crippen molar-refractivity contribution < 1.29 is 19.7 Å². The number of rotatable bonds is 3. The van der Waals surface area contributed by atoms with Crippen LogP contribution in [0.2, 0.25) is 0 Å². The first-order valence-electron chi connectivity index (χ1n) is 10.7. The highest BCUT2D eigenvalue weighted by Gasteiger charge is 2.59. The van der Waals surface area contributed by atoms with Crippen LogP contribution in [0.5, 0.6) is 0 Å². The van der Waals surface area contributed by atoms with Crippen molar-refractivity contribution in [1.82, 2.24) is 4.98 Å². The normalized spacial score (nSPS) is 23.8. The molecular formula is C24H22N4O4S. The molecule has 1 unspecified atom stereocenters. The fourth-order valence-electron chi connectivity index (χ4n) is 4.54. The minimum atomic E-state index is -0.977. The van der Waals surface area contributed by atoms with Gasteiger partial charge in [-0.25, -0.2) is 0 Å². The number of aliphatic hydroxyl groups excluding tert-OH is 2. The van der Waals surface area contributed by atoms with Crippen molar-refractivity contribution in [2.24, 2.45) is 0 Å². The zero-order valence-electron chi connectivity index (χ0n) is 17.9. The third-order valence-electron chi connectivity index (χ3n) is 6.53. The van der Waals surface area contributed by atoms with Crippen molar-refractivity contribution >= 4 is 46.2 Å². The number of pyridine rings is 1. The molecule has 5 rings (SSSR count). The summed E-state index contributed by atoms with van der Waals surface area (Å²) in [5.74, 6) is 0.731. The van der Waals surface area contributed by atoms with E-state index in [1.165, 1.54) is 17.2 Å². The van der Waals surface area contributed by atoms with Gasteiger partial charge in [0, 0.05) is 11.3 Å². The number of anilines is 2. The first-order valence-corrected chi connectivity index (χ1v) is 11.1. The van der Waals surface area contributed by atoms with Crippen molar-refractivity contribution in [2.75, 3.05) is 16.4 Å². The highest BCUT2D eigenvalue weighted by molar-refractivity contribution is 7.81. The highest BCUT2D eigenvalue weighted by atomic mass is 32.1. The quantitative estimate of drug-likeness (QED) is 0.535. The predicted molar refractivity (Wildman–Crippen MR) is 127 cm³/mol. The monoisotopic (exact) mass is 462 g/mol. The maximum Gasteiger partial charge on any atom is 0.272 e. The van der Waals surface area contributed by atoms with Crippen molar-refractivity contribution in [3.63, 3.8) is 0 Å². The molecule has 1 amide bonds. The number of hydrogen-bond donors (Lipinski definition) is 2. The first-order chi connectivity index (χ1) is 15.9. The van der Waals surface area contributed by atoms with E-state index in [0.29, 0.717) is 40.8 Å². The molecule has 1 spiro atoms. The van der Waals surface area contributed by atoms with Crippen molar-refractivity contribution in [3.8, 4) is 0 Å². The molecule has 1 aliphatic carbocycles. The van der Waals surface area contributed by atoms with E-state index in [4.69, 9.17) is 23.5 Å². The zero-order chi connectivity index (χ0) is 23.3. The molecule has 0 bridgehead atoms. The number of aromatic nitrogens is 1. The second kappa shape index (κ2) is 7.92. The summed E-state index contributed by atoms with van der Waals surface area (Å²) in [5.41, 5.74) is 2.09. The summed E-state index contributed by atoms with van der Waals surface area (Å²) in [5, 5.41) is 19.9. The lowest BCUT2D eigenvalue weighted by Crippen LogP contribution is -2.55. The van der Waals surface area contributed by atoms with E-state index < -0.39 is 17.7 Å². The highest BCUT2D eigenvalue weighted by Crippen LogP contribution is 2.48. The Morgan fingerprint density at radius 3 is 2.55 bits per heavy atom. The number of amides is 1. The second-order valence-corrected chi connectivity index (χ2v) is 8.90. The maximum absolute atomic E-state index is 13.6. The molecule has 1 saturated heterocycles. The van der Waals surface area contributed by atoms with E-state index in [2.05, 4.69) is 9.83 Å². The van der Waals surface area contributed by atoms with E-state index in [1.54, 1.807) is 13.0 Å². The van der Waals surface area contributed by atoms with Gasteiger partial charge in [-0.3, -0.25) is 9.69 Å². The van der Waals surface area contributed by atoms with Crippen molar-refractivity contribution in [1.29, 1.82) is 0 Å². The fourth-order valence-corrected chi connectivity index (χ4v) is 5.01. The number of nitrogens with zero attached hydrogens (tertiary/aromatic N) is 4. The number of aryl methyl sites for hydroxylation is 1. The summed E-state index contributed by atoms with van der Waals surface area (Å²) in [7, 11) is 0. The van der Waals surface area contributed by atoms with E-state index in [1.807, 2.05) is 29.2 Å². The summed E-state index contributed by atoms with van der Waals surface area (Å²) in [4.78, 5) is 24.6. The SMILES string of the molecule is [C-]#[N+]c1ncc(N2C(=O)C3(CCC3)N(c3ccc(C4=C[C@@H](O)C(O)CO4)cc3)C2=S)cc1C. The van der Waals surface area contributed by atoms with Crippen LogP contribution in [0.15, 0.2) is 42.6 Å². The molecule has 1 aromatic carbocycles. The Balaban J connectivity index is 1.48. The number of benzene rings is 1. The van der Waals surface area contributed by atoms with Crippen molar-refractivity contribution in [2.45, 2.75) is 43.9 Å². The lowest BCUT2D eigenvalue weighted by atomic mass is 9.75. The van der Waals surface area contributed by atoms with E-state index in [-0.39, 0.29) is 12.5 Å². The Kier molecular flexibility index (Phi) is 5.16. The summed E-state index contributed by atoms with van der Waals surface area (Å²) in [6.45, 7) is 9.03. The Morgan fingerprint density at radius 2 is 1.97 bits per heavy atom. The van der Waals surface area contributed by atoms with Crippen LogP contribution in [0.3, 0.4) is 0 Å². The smallest absolute Gasteiger partial charge is 0.272 e. The Labute approximate surface area is 196 Å². The summed E-state index contributed by atoms with van der Waals surface area (Å²) in [6, 6.07) is 9.24. The van der Waals surface area contributed by atoms with Crippen LogP contribution < -0.4 is 9.80 Å². The molecule has 2 atom stereocenters. The van der Waals surface area contributed by atoms with Gasteiger partial charge in [0.05, 0.1) is 5.69 Å². The second-order valence-electron chi connectivity index (χ2n) is 8.54. The number of thiocarbonyl (C=S) groups is 1. The molecule has 9 heteroatoms. The number of carbonyl (C=O) groups is 1. The molecule has 8 nitrogen and oxygen atoms in total. The molecule has 168 valence electrons. The van der Waals surface area contributed by atoms with Gasteiger partial charge in [0.1, 0.15) is 36.3 Å². The van der Waals surface area contributed by atoms with Gasteiger partial charge in [0.2, 0.25) is 0 Å². The molecule has 2 fully saturated rings. The van der Waals surface area contributed by atoms with Gasteiger partial charge in [-0.1, -0.05) is 6.57 Å². The Morgan fingerprint density at radius 1 is 1.24 bits per heavy atom. The van der Waals surface area contributed by atoms with Crippen LogP contribution in [0.4, 0.5) is 17.2 Å². The average molecular weight is 463 g/mol. The van der Waals surface area contributed by atoms with Crippen LogP contribution in [0.1, 0.15) is 30.4 Å². The third-order valence-corrected chi connectivity index (χ3v) is 6.89. The third kappa shape index (κ3) is 3.30. The van der Waals surface area contributed by atoms with Gasteiger partial charge in [0.25, 0.3) is 11.7 Å². The van der Waals surface area contributed by atoms with Crippen LogP contribution in [-0.4, -0.2) is 50.6 Å². The molecule has 3 heterocycles. The van der Waals surface area contributed by atoms with Gasteiger partial charge >= 0.3 is 0 Å². The van der Waals surface area contributed by atoms with Crippen LogP contribution in [0, 0.1) is 13.5 Å². The molecule has 1 saturated carbocycles. The topological polar surface area (TPSA) is 90.5 Å². The minimum Gasteiger partial charge on any atom is -0.490 e. The number of carbonyl (C=O) groups excluding carboxylic acids is 1. The Bertz CT molecular complexity index is 1220. The van der Waals surface area contributed by atoms with E-state index in [0.717, 1.165) is 17.7 Å². The van der Waals surface area contributed by atoms with Gasteiger partial charge in [-0.05, 0) is 80.4 Å². The predicted octanol–water partition coefficient (Wildman–Crippen LogP) is 3.09. The number of hydrogen-bond acceptors (Lipinski definition) is 6.